The van der Waals surface area contributed by atoms with E-state index in [1.165, 1.54) is 18.1 Å². The van der Waals surface area contributed by atoms with E-state index < -0.39 is 0 Å². The summed E-state index contributed by atoms with van der Waals surface area (Å²) < 4.78 is 0. The van der Waals surface area contributed by atoms with Gasteiger partial charge in [-0.2, -0.15) is 0 Å². The molecule has 0 radical (unpaired) electrons. The summed E-state index contributed by atoms with van der Waals surface area (Å²) in [5, 5.41) is 2.84. The highest BCUT2D eigenvalue weighted by Gasteiger charge is 2.20. The topological polar surface area (TPSA) is 49.4 Å². The van der Waals surface area contributed by atoms with Crippen LogP contribution in [0.4, 0.5) is 5.69 Å². The first-order valence-electron chi connectivity index (χ1n) is 9.07. The standard InChI is InChI=1S/C22H24N2O2/c1-17-9-11-18(12-10-17)13-14-21(25)23-20-8-4-3-7-19(20)22(26)24-15-5-2-6-16-24/h3-4,7-14H,2,5-6,15-16H2,1H3,(H,23,25). The lowest BCUT2D eigenvalue weighted by molar-refractivity contribution is -0.111. The van der Waals surface area contributed by atoms with Crippen molar-refractivity contribution in [3.8, 4) is 0 Å². The van der Waals surface area contributed by atoms with Crippen LogP contribution in [0.2, 0.25) is 0 Å². The average Bonchev–Trinajstić information content (AvgIpc) is 2.68. The predicted octanol–water partition coefficient (Wildman–Crippen LogP) is 4.27. The molecule has 4 heteroatoms. The smallest absolute Gasteiger partial charge is 0.255 e. The Labute approximate surface area is 154 Å². The third kappa shape index (κ3) is 4.60. The fraction of sp³-hybridized carbons (Fsp3) is 0.273. The maximum Gasteiger partial charge on any atom is 0.255 e. The molecule has 0 atom stereocenters. The van der Waals surface area contributed by atoms with Gasteiger partial charge >= 0.3 is 0 Å². The molecule has 1 aliphatic heterocycles. The van der Waals surface area contributed by atoms with E-state index >= 15 is 0 Å². The first-order chi connectivity index (χ1) is 12.6. The molecule has 0 unspecified atom stereocenters. The number of hydrogen-bond acceptors (Lipinski definition) is 2. The van der Waals surface area contributed by atoms with Crippen LogP contribution in [-0.2, 0) is 4.79 Å². The van der Waals surface area contributed by atoms with Crippen molar-refractivity contribution in [2.75, 3.05) is 18.4 Å². The lowest BCUT2D eigenvalue weighted by atomic mass is 10.1. The first kappa shape index (κ1) is 17.9. The highest BCUT2D eigenvalue weighted by atomic mass is 16.2. The van der Waals surface area contributed by atoms with Crippen molar-refractivity contribution in [1.29, 1.82) is 0 Å². The average molecular weight is 348 g/mol. The van der Waals surface area contributed by atoms with E-state index in [0.29, 0.717) is 11.3 Å². The number of rotatable bonds is 4. The third-order valence-corrected chi connectivity index (χ3v) is 4.56. The number of anilines is 1. The number of para-hydroxylation sites is 1. The van der Waals surface area contributed by atoms with Gasteiger partial charge in [0.25, 0.3) is 5.91 Å². The summed E-state index contributed by atoms with van der Waals surface area (Å²) in [7, 11) is 0. The number of amides is 2. The number of hydrogen-bond donors (Lipinski definition) is 1. The van der Waals surface area contributed by atoms with Crippen molar-refractivity contribution in [2.45, 2.75) is 26.2 Å². The molecule has 0 saturated carbocycles. The second kappa shape index (κ2) is 8.48. The summed E-state index contributed by atoms with van der Waals surface area (Å²) in [5.74, 6) is -0.257. The lowest BCUT2D eigenvalue weighted by Crippen LogP contribution is -2.36. The maximum absolute atomic E-state index is 12.8. The molecule has 0 bridgehead atoms. The van der Waals surface area contributed by atoms with Crippen LogP contribution in [-0.4, -0.2) is 29.8 Å². The summed E-state index contributed by atoms with van der Waals surface area (Å²) in [5.41, 5.74) is 3.24. The zero-order valence-corrected chi connectivity index (χ0v) is 15.1. The SMILES string of the molecule is Cc1ccc(C=CC(=O)Nc2ccccc2C(=O)N2CCCCC2)cc1. The van der Waals surface area contributed by atoms with Crippen molar-refractivity contribution in [3.63, 3.8) is 0 Å². The molecule has 0 aliphatic carbocycles. The van der Waals surface area contributed by atoms with Crippen LogP contribution in [0.25, 0.3) is 6.08 Å². The molecule has 1 aliphatic rings. The van der Waals surface area contributed by atoms with Gasteiger partial charge < -0.3 is 10.2 Å². The zero-order valence-electron chi connectivity index (χ0n) is 15.1. The summed E-state index contributed by atoms with van der Waals surface area (Å²) in [4.78, 5) is 26.9. The van der Waals surface area contributed by atoms with Crippen LogP contribution < -0.4 is 5.32 Å². The summed E-state index contributed by atoms with van der Waals surface area (Å²) in [6.07, 6.45) is 6.52. The third-order valence-electron chi connectivity index (χ3n) is 4.56. The molecular weight excluding hydrogens is 324 g/mol. The Kier molecular flexibility index (Phi) is 5.84. The fourth-order valence-electron chi connectivity index (χ4n) is 3.07. The van der Waals surface area contributed by atoms with Gasteiger partial charge in [0.1, 0.15) is 0 Å². The number of piperidine rings is 1. The minimum absolute atomic E-state index is 0.0110. The Hall–Kier alpha value is -2.88. The maximum atomic E-state index is 12.8. The molecule has 0 spiro atoms. The van der Waals surface area contributed by atoms with Crippen LogP contribution in [0.5, 0.6) is 0 Å². The molecule has 2 aromatic rings. The van der Waals surface area contributed by atoms with Crippen LogP contribution in [0.3, 0.4) is 0 Å². The van der Waals surface area contributed by atoms with E-state index in [2.05, 4.69) is 5.32 Å². The molecule has 1 saturated heterocycles. The van der Waals surface area contributed by atoms with Crippen LogP contribution >= 0.6 is 0 Å². The van der Waals surface area contributed by atoms with Gasteiger partial charge in [-0.05, 0) is 50.0 Å². The highest BCUT2D eigenvalue weighted by Crippen LogP contribution is 2.20. The molecule has 0 aromatic heterocycles. The van der Waals surface area contributed by atoms with Gasteiger partial charge in [0.2, 0.25) is 5.91 Å². The number of benzene rings is 2. The lowest BCUT2D eigenvalue weighted by Gasteiger charge is -2.27. The minimum Gasteiger partial charge on any atom is -0.339 e. The van der Waals surface area contributed by atoms with Crippen molar-refractivity contribution in [1.82, 2.24) is 4.90 Å². The Morgan fingerprint density at radius 2 is 1.65 bits per heavy atom. The second-order valence-corrected chi connectivity index (χ2v) is 6.63. The van der Waals surface area contributed by atoms with Crippen LogP contribution in [0.15, 0.2) is 54.6 Å². The normalized spacial score (nSPS) is 14.4. The van der Waals surface area contributed by atoms with E-state index in [4.69, 9.17) is 0 Å². The number of nitrogens with zero attached hydrogens (tertiary/aromatic N) is 1. The van der Waals surface area contributed by atoms with E-state index in [1.54, 1.807) is 18.2 Å². The van der Waals surface area contributed by atoms with Gasteiger partial charge in [0.15, 0.2) is 0 Å². The van der Waals surface area contributed by atoms with Gasteiger partial charge in [-0.3, -0.25) is 9.59 Å². The summed E-state index contributed by atoms with van der Waals surface area (Å²) in [6, 6.07) is 15.1. The van der Waals surface area contributed by atoms with Gasteiger partial charge in [0, 0.05) is 19.2 Å². The summed E-state index contributed by atoms with van der Waals surface area (Å²) in [6.45, 7) is 3.60. The van der Waals surface area contributed by atoms with Crippen molar-refractivity contribution in [3.05, 3.63) is 71.3 Å². The Morgan fingerprint density at radius 3 is 2.38 bits per heavy atom. The molecule has 1 fully saturated rings. The van der Waals surface area contributed by atoms with E-state index in [1.807, 2.05) is 48.2 Å². The summed E-state index contributed by atoms with van der Waals surface area (Å²) >= 11 is 0. The minimum atomic E-state index is -0.246. The van der Waals surface area contributed by atoms with Crippen molar-refractivity contribution >= 4 is 23.6 Å². The van der Waals surface area contributed by atoms with Crippen molar-refractivity contribution in [2.24, 2.45) is 0 Å². The monoisotopic (exact) mass is 348 g/mol. The quantitative estimate of drug-likeness (QED) is 0.839. The molecule has 134 valence electrons. The van der Waals surface area contributed by atoms with Crippen LogP contribution in [0.1, 0.15) is 40.7 Å². The molecule has 1 N–H and O–H groups in total. The van der Waals surface area contributed by atoms with Gasteiger partial charge in [-0.1, -0.05) is 42.0 Å². The Bertz CT molecular complexity index is 803. The van der Waals surface area contributed by atoms with E-state index in [0.717, 1.165) is 31.5 Å². The van der Waals surface area contributed by atoms with Gasteiger partial charge in [0.05, 0.1) is 11.3 Å². The molecule has 4 nitrogen and oxygen atoms in total. The number of nitrogens with one attached hydrogen (secondary N) is 1. The highest BCUT2D eigenvalue weighted by molar-refractivity contribution is 6.07. The van der Waals surface area contributed by atoms with Crippen molar-refractivity contribution < 1.29 is 9.59 Å². The van der Waals surface area contributed by atoms with E-state index in [-0.39, 0.29) is 11.8 Å². The second-order valence-electron chi connectivity index (χ2n) is 6.63. The molecule has 26 heavy (non-hydrogen) atoms. The zero-order chi connectivity index (χ0) is 18.4. The molecule has 3 rings (SSSR count). The molecular formula is C22H24N2O2. The largest absolute Gasteiger partial charge is 0.339 e. The fourth-order valence-corrected chi connectivity index (χ4v) is 3.07. The molecule has 1 heterocycles. The predicted molar refractivity (Wildman–Crippen MR) is 105 cm³/mol. The number of carbonyl (C=O) groups excluding carboxylic acids is 2. The Morgan fingerprint density at radius 1 is 0.962 bits per heavy atom. The molecule has 2 aromatic carbocycles. The number of carbonyl (C=O) groups is 2. The van der Waals surface area contributed by atoms with E-state index in [9.17, 15) is 9.59 Å². The number of aryl methyl sites for hydroxylation is 1. The Balaban J connectivity index is 1.70. The first-order valence-corrected chi connectivity index (χ1v) is 9.07. The molecule has 2 amide bonds. The van der Waals surface area contributed by atoms with Gasteiger partial charge in [-0.15, -0.1) is 0 Å². The van der Waals surface area contributed by atoms with Gasteiger partial charge in [-0.25, -0.2) is 0 Å². The van der Waals surface area contributed by atoms with Crippen LogP contribution in [0, 0.1) is 6.92 Å². The number of likely N-dealkylation sites (tertiary alicyclic amines) is 1.